The molecule has 0 radical (unpaired) electrons. The van der Waals surface area contributed by atoms with Gasteiger partial charge in [-0.3, -0.25) is 0 Å². The average Bonchev–Trinajstić information content (AvgIpc) is 2.24. The number of aromatic nitrogens is 1. The lowest BCUT2D eigenvalue weighted by atomic mass is 10.3. The third-order valence-electron chi connectivity index (χ3n) is 2.45. The molecule has 0 fully saturated rings. The number of halogens is 1. The van der Waals surface area contributed by atoms with E-state index < -0.39 is 0 Å². The van der Waals surface area contributed by atoms with Gasteiger partial charge < -0.3 is 15.5 Å². The van der Waals surface area contributed by atoms with Crippen LogP contribution in [0.15, 0.2) is 12.3 Å². The first-order valence-electron chi connectivity index (χ1n) is 5.85. The lowest BCUT2D eigenvalue weighted by Crippen LogP contribution is -2.33. The Kier molecular flexibility index (Phi) is 5.51. The van der Waals surface area contributed by atoms with Crippen LogP contribution in [0.1, 0.15) is 13.3 Å². The number of nitrogens with zero attached hydrogens (tertiary/aromatic N) is 3. The summed E-state index contributed by atoms with van der Waals surface area (Å²) in [5.41, 5.74) is 6.25. The van der Waals surface area contributed by atoms with Gasteiger partial charge in [-0.15, -0.1) is 0 Å². The summed E-state index contributed by atoms with van der Waals surface area (Å²) in [7, 11) is 4.12. The Morgan fingerprint density at radius 2 is 2.00 bits per heavy atom. The highest BCUT2D eigenvalue weighted by Gasteiger charge is 2.11. The maximum absolute atomic E-state index is 6.18. The molecule has 0 saturated heterocycles. The molecule has 17 heavy (non-hydrogen) atoms. The molecule has 1 aromatic heterocycles. The van der Waals surface area contributed by atoms with E-state index in [1.807, 2.05) is 0 Å². The molecule has 0 amide bonds. The Balaban J connectivity index is 2.81. The molecule has 0 aliphatic rings. The zero-order valence-corrected chi connectivity index (χ0v) is 11.5. The largest absolute Gasteiger partial charge is 0.397 e. The predicted octanol–water partition coefficient (Wildman–Crippen LogP) is 2.10. The van der Waals surface area contributed by atoms with E-state index in [0.29, 0.717) is 10.7 Å². The number of nitrogens with two attached hydrogens (primary N) is 1. The summed E-state index contributed by atoms with van der Waals surface area (Å²) in [6.07, 6.45) is 2.72. The number of nitrogen functional groups attached to an aromatic ring is 1. The SMILES string of the molecule is CCCN(CCN(C)C)c1ncc(N)cc1Cl. The second-order valence-electron chi connectivity index (χ2n) is 4.36. The molecular weight excluding hydrogens is 236 g/mol. The van der Waals surface area contributed by atoms with E-state index in [-0.39, 0.29) is 0 Å². The first kappa shape index (κ1) is 14.1. The number of pyridine rings is 1. The lowest BCUT2D eigenvalue weighted by molar-refractivity contribution is 0.412. The maximum Gasteiger partial charge on any atom is 0.147 e. The fourth-order valence-electron chi connectivity index (χ4n) is 1.59. The monoisotopic (exact) mass is 256 g/mol. The highest BCUT2D eigenvalue weighted by Crippen LogP contribution is 2.24. The van der Waals surface area contributed by atoms with Crippen LogP contribution in [0.2, 0.25) is 5.02 Å². The van der Waals surface area contributed by atoms with Crippen molar-refractivity contribution in [2.24, 2.45) is 0 Å². The summed E-state index contributed by atoms with van der Waals surface area (Å²) in [5, 5.41) is 0.622. The van der Waals surface area contributed by atoms with Crippen molar-refractivity contribution >= 4 is 23.1 Å². The summed E-state index contributed by atoms with van der Waals surface area (Å²) in [5.74, 6) is 0.824. The number of hydrogen-bond donors (Lipinski definition) is 1. The molecule has 0 spiro atoms. The van der Waals surface area contributed by atoms with Crippen LogP contribution in [0.5, 0.6) is 0 Å². The third-order valence-corrected chi connectivity index (χ3v) is 2.73. The van der Waals surface area contributed by atoms with Gasteiger partial charge in [0.25, 0.3) is 0 Å². The molecule has 2 N–H and O–H groups in total. The van der Waals surface area contributed by atoms with E-state index in [4.69, 9.17) is 17.3 Å². The van der Waals surface area contributed by atoms with E-state index in [0.717, 1.165) is 31.9 Å². The average molecular weight is 257 g/mol. The van der Waals surface area contributed by atoms with Gasteiger partial charge in [0.2, 0.25) is 0 Å². The molecule has 0 aliphatic carbocycles. The smallest absolute Gasteiger partial charge is 0.147 e. The van der Waals surface area contributed by atoms with Crippen LogP contribution in [0.4, 0.5) is 11.5 Å². The fourth-order valence-corrected chi connectivity index (χ4v) is 1.89. The van der Waals surface area contributed by atoms with Crippen LogP contribution in [0, 0.1) is 0 Å². The molecule has 0 aromatic carbocycles. The number of anilines is 2. The summed E-state index contributed by atoms with van der Waals surface area (Å²) < 4.78 is 0. The van der Waals surface area contributed by atoms with Crippen molar-refractivity contribution in [2.45, 2.75) is 13.3 Å². The molecule has 0 saturated carbocycles. The summed E-state index contributed by atoms with van der Waals surface area (Å²) >= 11 is 6.18. The standard InChI is InChI=1S/C12H21ClN4/c1-4-5-17(7-6-16(2)3)12-11(13)8-10(14)9-15-12/h8-9H,4-7,14H2,1-3H3. The first-order valence-corrected chi connectivity index (χ1v) is 6.23. The van der Waals surface area contributed by atoms with E-state index in [1.54, 1.807) is 12.3 Å². The molecule has 96 valence electrons. The first-order chi connectivity index (χ1) is 8.04. The zero-order chi connectivity index (χ0) is 12.8. The van der Waals surface area contributed by atoms with Crippen molar-refractivity contribution < 1.29 is 0 Å². The topological polar surface area (TPSA) is 45.4 Å². The maximum atomic E-state index is 6.18. The van der Waals surface area contributed by atoms with Gasteiger partial charge in [0.15, 0.2) is 0 Å². The van der Waals surface area contributed by atoms with Crippen LogP contribution >= 0.6 is 11.6 Å². The number of likely N-dealkylation sites (N-methyl/N-ethyl adjacent to an activating group) is 1. The third kappa shape index (κ3) is 4.40. The molecule has 0 aliphatic heterocycles. The van der Waals surface area contributed by atoms with Gasteiger partial charge in [-0.25, -0.2) is 4.98 Å². The lowest BCUT2D eigenvalue weighted by Gasteiger charge is -2.25. The fraction of sp³-hybridized carbons (Fsp3) is 0.583. The van der Waals surface area contributed by atoms with Crippen molar-refractivity contribution in [3.05, 3.63) is 17.3 Å². The normalized spacial score (nSPS) is 10.9. The van der Waals surface area contributed by atoms with Gasteiger partial charge >= 0.3 is 0 Å². The zero-order valence-electron chi connectivity index (χ0n) is 10.8. The Labute approximate surface area is 108 Å². The van der Waals surface area contributed by atoms with Gasteiger partial charge in [0.05, 0.1) is 16.9 Å². The number of hydrogen-bond acceptors (Lipinski definition) is 4. The molecule has 1 heterocycles. The van der Waals surface area contributed by atoms with E-state index >= 15 is 0 Å². The Bertz CT molecular complexity index is 354. The summed E-state index contributed by atoms with van der Waals surface area (Å²) in [4.78, 5) is 8.67. The molecule has 5 heteroatoms. The van der Waals surface area contributed by atoms with Crippen LogP contribution in [-0.2, 0) is 0 Å². The predicted molar refractivity (Wildman–Crippen MR) is 74.7 cm³/mol. The van der Waals surface area contributed by atoms with Crippen molar-refractivity contribution in [3.8, 4) is 0 Å². The van der Waals surface area contributed by atoms with Crippen molar-refractivity contribution in [1.29, 1.82) is 0 Å². The van der Waals surface area contributed by atoms with Gasteiger partial charge in [-0.1, -0.05) is 18.5 Å². The van der Waals surface area contributed by atoms with Gasteiger partial charge in [-0.2, -0.15) is 0 Å². The molecule has 4 nitrogen and oxygen atoms in total. The highest BCUT2D eigenvalue weighted by molar-refractivity contribution is 6.33. The molecule has 0 unspecified atom stereocenters. The minimum absolute atomic E-state index is 0.600. The Morgan fingerprint density at radius 3 is 2.53 bits per heavy atom. The van der Waals surface area contributed by atoms with E-state index in [1.165, 1.54) is 0 Å². The van der Waals surface area contributed by atoms with Crippen molar-refractivity contribution in [2.75, 3.05) is 44.4 Å². The van der Waals surface area contributed by atoms with Crippen LogP contribution < -0.4 is 10.6 Å². The minimum atomic E-state index is 0.600. The molecule has 0 atom stereocenters. The van der Waals surface area contributed by atoms with Crippen molar-refractivity contribution in [3.63, 3.8) is 0 Å². The van der Waals surface area contributed by atoms with Gasteiger partial charge in [-0.05, 0) is 26.6 Å². The molecule has 0 bridgehead atoms. The second-order valence-corrected chi connectivity index (χ2v) is 4.77. The van der Waals surface area contributed by atoms with Gasteiger partial charge in [0, 0.05) is 19.6 Å². The summed E-state index contributed by atoms with van der Waals surface area (Å²) in [6.45, 7) is 4.98. The minimum Gasteiger partial charge on any atom is -0.397 e. The molecular formula is C12H21ClN4. The van der Waals surface area contributed by atoms with Crippen LogP contribution in [0.3, 0.4) is 0 Å². The van der Waals surface area contributed by atoms with Gasteiger partial charge in [0.1, 0.15) is 5.82 Å². The van der Waals surface area contributed by atoms with Crippen molar-refractivity contribution in [1.82, 2.24) is 9.88 Å². The van der Waals surface area contributed by atoms with Crippen LogP contribution in [-0.4, -0.2) is 43.6 Å². The Morgan fingerprint density at radius 1 is 1.29 bits per heavy atom. The van der Waals surface area contributed by atoms with E-state index in [2.05, 4.69) is 35.8 Å². The highest BCUT2D eigenvalue weighted by atomic mass is 35.5. The molecule has 1 rings (SSSR count). The van der Waals surface area contributed by atoms with Crippen LogP contribution in [0.25, 0.3) is 0 Å². The quantitative estimate of drug-likeness (QED) is 0.847. The number of rotatable bonds is 6. The van der Waals surface area contributed by atoms with E-state index in [9.17, 15) is 0 Å². The Hall–Kier alpha value is -1.00. The second kappa shape index (κ2) is 6.67. The summed E-state index contributed by atoms with van der Waals surface area (Å²) in [6, 6.07) is 1.75. The molecule has 1 aromatic rings.